The highest BCUT2D eigenvalue weighted by Gasteiger charge is 2.18. The number of rotatable bonds is 7. The molecule has 0 aliphatic heterocycles. The minimum atomic E-state index is -2.87. The summed E-state index contributed by atoms with van der Waals surface area (Å²) in [4.78, 5) is 18.2. The molecule has 1 aromatic heterocycles. The number of halogens is 2. The number of alkyl halides is 2. The molecule has 8 heteroatoms. The predicted octanol–water partition coefficient (Wildman–Crippen LogP) is 3.63. The van der Waals surface area contributed by atoms with E-state index in [0.29, 0.717) is 0 Å². The van der Waals surface area contributed by atoms with Crippen molar-refractivity contribution in [1.82, 2.24) is 19.7 Å². The second-order valence-corrected chi connectivity index (χ2v) is 6.31. The molecule has 0 saturated heterocycles. The third-order valence-corrected chi connectivity index (χ3v) is 4.54. The molecule has 1 unspecified atom stereocenters. The SMILES string of the molecule is CC(c1ccc(-n2cncn2)cc1)N(C)C(=O)Cc1ccc(OC(F)F)cc1. The van der Waals surface area contributed by atoms with Crippen molar-refractivity contribution in [1.29, 1.82) is 0 Å². The van der Waals surface area contributed by atoms with Gasteiger partial charge < -0.3 is 9.64 Å². The molecule has 1 atom stereocenters. The number of benzene rings is 2. The van der Waals surface area contributed by atoms with Crippen molar-refractivity contribution in [2.24, 2.45) is 0 Å². The molecule has 0 aliphatic rings. The first-order valence-corrected chi connectivity index (χ1v) is 8.68. The molecule has 0 bridgehead atoms. The number of ether oxygens (including phenoxy) is 1. The molecule has 0 radical (unpaired) electrons. The van der Waals surface area contributed by atoms with Crippen LogP contribution < -0.4 is 4.74 Å². The van der Waals surface area contributed by atoms with Crippen molar-refractivity contribution in [2.75, 3.05) is 7.05 Å². The molecule has 146 valence electrons. The quantitative estimate of drug-likeness (QED) is 0.622. The Bertz CT molecular complexity index is 897. The first-order valence-electron chi connectivity index (χ1n) is 8.68. The monoisotopic (exact) mass is 386 g/mol. The summed E-state index contributed by atoms with van der Waals surface area (Å²) in [7, 11) is 1.74. The van der Waals surface area contributed by atoms with Crippen LogP contribution in [0.25, 0.3) is 5.69 Å². The Balaban J connectivity index is 1.62. The van der Waals surface area contributed by atoms with Gasteiger partial charge in [-0.15, -0.1) is 0 Å². The number of hydrogen-bond donors (Lipinski definition) is 0. The maximum Gasteiger partial charge on any atom is 0.387 e. The lowest BCUT2D eigenvalue weighted by atomic mass is 10.1. The van der Waals surface area contributed by atoms with E-state index in [2.05, 4.69) is 14.8 Å². The maximum absolute atomic E-state index is 12.6. The average Bonchev–Trinajstić information content (AvgIpc) is 3.23. The summed E-state index contributed by atoms with van der Waals surface area (Å²) in [5, 5.41) is 4.08. The molecule has 0 spiro atoms. The van der Waals surface area contributed by atoms with Gasteiger partial charge in [-0.3, -0.25) is 4.79 Å². The lowest BCUT2D eigenvalue weighted by Crippen LogP contribution is -2.30. The Morgan fingerprint density at radius 1 is 1.14 bits per heavy atom. The molecule has 0 N–H and O–H groups in total. The number of amides is 1. The van der Waals surface area contributed by atoms with Gasteiger partial charge in [0.25, 0.3) is 0 Å². The van der Waals surface area contributed by atoms with Gasteiger partial charge in [-0.1, -0.05) is 24.3 Å². The summed E-state index contributed by atoms with van der Waals surface area (Å²) in [5.41, 5.74) is 2.60. The van der Waals surface area contributed by atoms with Crippen LogP contribution in [0.4, 0.5) is 8.78 Å². The van der Waals surface area contributed by atoms with Crippen LogP contribution in [0.2, 0.25) is 0 Å². The zero-order chi connectivity index (χ0) is 20.1. The van der Waals surface area contributed by atoms with Gasteiger partial charge in [0.05, 0.1) is 18.2 Å². The van der Waals surface area contributed by atoms with Crippen molar-refractivity contribution in [3.63, 3.8) is 0 Å². The van der Waals surface area contributed by atoms with Gasteiger partial charge in [0, 0.05) is 7.05 Å². The Kier molecular flexibility index (Phi) is 5.98. The van der Waals surface area contributed by atoms with Gasteiger partial charge >= 0.3 is 6.61 Å². The Labute approximate surface area is 161 Å². The smallest absolute Gasteiger partial charge is 0.387 e. The van der Waals surface area contributed by atoms with E-state index in [-0.39, 0.29) is 24.1 Å². The number of carbonyl (C=O) groups is 1. The highest BCUT2D eigenvalue weighted by Crippen LogP contribution is 2.22. The standard InChI is InChI=1S/C20H20F2N4O2/c1-14(16-5-7-17(8-6-16)26-13-23-12-24-26)25(2)19(27)11-15-3-9-18(10-4-15)28-20(21)22/h3-10,12-14,20H,11H2,1-2H3. The lowest BCUT2D eigenvalue weighted by molar-refractivity contribution is -0.131. The van der Waals surface area contributed by atoms with Crippen molar-refractivity contribution in [2.45, 2.75) is 26.0 Å². The molecule has 0 saturated carbocycles. The van der Waals surface area contributed by atoms with E-state index in [1.54, 1.807) is 35.1 Å². The van der Waals surface area contributed by atoms with E-state index < -0.39 is 6.61 Å². The molecular formula is C20H20F2N4O2. The number of carbonyl (C=O) groups excluding carboxylic acids is 1. The van der Waals surface area contributed by atoms with E-state index in [1.807, 2.05) is 31.2 Å². The first kappa shape index (κ1) is 19.5. The minimum Gasteiger partial charge on any atom is -0.435 e. The van der Waals surface area contributed by atoms with Crippen molar-refractivity contribution >= 4 is 5.91 Å². The number of aromatic nitrogens is 3. The van der Waals surface area contributed by atoms with Crippen molar-refractivity contribution in [3.8, 4) is 11.4 Å². The molecular weight excluding hydrogens is 366 g/mol. The largest absolute Gasteiger partial charge is 0.435 e. The predicted molar refractivity (Wildman–Crippen MR) is 99.3 cm³/mol. The Morgan fingerprint density at radius 2 is 1.82 bits per heavy atom. The van der Waals surface area contributed by atoms with Crippen molar-refractivity contribution in [3.05, 3.63) is 72.3 Å². The molecule has 0 fully saturated rings. The highest BCUT2D eigenvalue weighted by atomic mass is 19.3. The van der Waals surface area contributed by atoms with Gasteiger partial charge in [-0.2, -0.15) is 13.9 Å². The topological polar surface area (TPSA) is 60.2 Å². The molecule has 3 rings (SSSR count). The van der Waals surface area contributed by atoms with Crippen LogP contribution in [0.1, 0.15) is 24.1 Å². The van der Waals surface area contributed by atoms with Crippen LogP contribution in [-0.4, -0.2) is 39.2 Å². The minimum absolute atomic E-state index is 0.0698. The summed E-state index contributed by atoms with van der Waals surface area (Å²) in [6.45, 7) is -0.919. The van der Waals surface area contributed by atoms with E-state index in [4.69, 9.17) is 0 Å². The number of nitrogens with zero attached hydrogens (tertiary/aromatic N) is 4. The molecule has 2 aromatic carbocycles. The number of likely N-dealkylation sites (N-methyl/N-ethyl adjacent to an activating group) is 1. The van der Waals surface area contributed by atoms with Crippen LogP contribution in [0.15, 0.2) is 61.2 Å². The van der Waals surface area contributed by atoms with Crippen molar-refractivity contribution < 1.29 is 18.3 Å². The maximum atomic E-state index is 12.6. The third-order valence-electron chi connectivity index (χ3n) is 4.54. The van der Waals surface area contributed by atoms with E-state index in [1.165, 1.54) is 18.5 Å². The Morgan fingerprint density at radius 3 is 2.39 bits per heavy atom. The molecule has 6 nitrogen and oxygen atoms in total. The fourth-order valence-electron chi connectivity index (χ4n) is 2.77. The zero-order valence-electron chi connectivity index (χ0n) is 15.5. The molecule has 1 heterocycles. The summed E-state index contributed by atoms with van der Waals surface area (Å²) in [6.07, 6.45) is 3.26. The lowest BCUT2D eigenvalue weighted by Gasteiger charge is -2.25. The van der Waals surface area contributed by atoms with E-state index >= 15 is 0 Å². The van der Waals surface area contributed by atoms with Gasteiger partial charge in [0.1, 0.15) is 18.4 Å². The highest BCUT2D eigenvalue weighted by molar-refractivity contribution is 5.79. The summed E-state index contributed by atoms with van der Waals surface area (Å²) in [5.74, 6) is -0.00391. The van der Waals surface area contributed by atoms with E-state index in [9.17, 15) is 13.6 Å². The van der Waals surface area contributed by atoms with Crippen LogP contribution in [0, 0.1) is 0 Å². The third kappa shape index (κ3) is 4.70. The summed E-state index contributed by atoms with van der Waals surface area (Å²) in [6, 6.07) is 13.7. The van der Waals surface area contributed by atoms with Gasteiger partial charge in [0.15, 0.2) is 0 Å². The summed E-state index contributed by atoms with van der Waals surface area (Å²) >= 11 is 0. The number of hydrogen-bond acceptors (Lipinski definition) is 4. The average molecular weight is 386 g/mol. The Hall–Kier alpha value is -3.29. The first-order chi connectivity index (χ1) is 13.4. The molecule has 0 aliphatic carbocycles. The summed E-state index contributed by atoms with van der Waals surface area (Å²) < 4.78 is 30.4. The zero-order valence-corrected chi connectivity index (χ0v) is 15.5. The van der Waals surface area contributed by atoms with Gasteiger partial charge in [-0.25, -0.2) is 9.67 Å². The second kappa shape index (κ2) is 8.60. The molecule has 28 heavy (non-hydrogen) atoms. The molecule has 1 amide bonds. The van der Waals surface area contributed by atoms with Crippen LogP contribution in [-0.2, 0) is 11.2 Å². The normalized spacial score (nSPS) is 12.0. The van der Waals surface area contributed by atoms with E-state index in [0.717, 1.165) is 16.8 Å². The fourth-order valence-corrected chi connectivity index (χ4v) is 2.77. The van der Waals surface area contributed by atoms with Crippen LogP contribution >= 0.6 is 0 Å². The van der Waals surface area contributed by atoms with Gasteiger partial charge in [-0.05, 0) is 42.3 Å². The second-order valence-electron chi connectivity index (χ2n) is 6.31. The van der Waals surface area contributed by atoms with Gasteiger partial charge in [0.2, 0.25) is 5.91 Å². The van der Waals surface area contributed by atoms with Crippen LogP contribution in [0.3, 0.4) is 0 Å². The fraction of sp³-hybridized carbons (Fsp3) is 0.250. The van der Waals surface area contributed by atoms with Crippen LogP contribution in [0.5, 0.6) is 5.75 Å². The molecule has 3 aromatic rings.